The van der Waals surface area contributed by atoms with Gasteiger partial charge in [-0.1, -0.05) is 61.5 Å². The van der Waals surface area contributed by atoms with Crippen LogP contribution in [0.4, 0.5) is 0 Å². The molecular weight excluding hydrogens is 507 g/mol. The van der Waals surface area contributed by atoms with Crippen LogP contribution in [0, 0.1) is 0 Å². The lowest BCUT2D eigenvalue weighted by Crippen LogP contribution is -2.36. The summed E-state index contributed by atoms with van der Waals surface area (Å²) in [4.78, 5) is 10.0. The largest absolute Gasteiger partial charge is 0.372 e. The van der Waals surface area contributed by atoms with E-state index in [2.05, 4.69) is 63.9 Å². The summed E-state index contributed by atoms with van der Waals surface area (Å²) in [6.45, 7) is 4.78. The summed E-state index contributed by atoms with van der Waals surface area (Å²) in [6.07, 6.45) is 2.97. The summed E-state index contributed by atoms with van der Waals surface area (Å²) in [7, 11) is 1.78. The normalized spacial score (nSPS) is 11.1. The van der Waals surface area contributed by atoms with Crippen LogP contribution >= 0.6 is 35.3 Å². The van der Waals surface area contributed by atoms with E-state index in [-0.39, 0.29) is 24.0 Å². The van der Waals surface area contributed by atoms with Crippen LogP contribution in [-0.4, -0.2) is 18.0 Å². The molecule has 0 spiro atoms. The van der Waals surface area contributed by atoms with Gasteiger partial charge in [-0.15, -0.1) is 35.3 Å². The zero-order valence-corrected chi connectivity index (χ0v) is 20.6. The molecule has 0 fully saturated rings. The van der Waals surface area contributed by atoms with Crippen LogP contribution in [0.2, 0.25) is 0 Å². The summed E-state index contributed by atoms with van der Waals surface area (Å²) in [6, 6.07) is 18.7. The van der Waals surface area contributed by atoms with Crippen molar-refractivity contribution in [1.82, 2.24) is 15.6 Å². The van der Waals surface area contributed by atoms with Gasteiger partial charge in [0.1, 0.15) is 5.01 Å². The van der Waals surface area contributed by atoms with Crippen molar-refractivity contribution in [2.24, 2.45) is 4.99 Å². The van der Waals surface area contributed by atoms with E-state index < -0.39 is 0 Å². The number of halogens is 1. The smallest absolute Gasteiger partial charge is 0.191 e. The predicted octanol–water partition coefficient (Wildman–Crippen LogP) is 4.91. The van der Waals surface area contributed by atoms with Crippen molar-refractivity contribution in [3.8, 4) is 0 Å². The number of guanidine groups is 1. The Bertz CT molecular complexity index is 897. The Morgan fingerprint density at radius 3 is 2.20 bits per heavy atom. The molecule has 1 heterocycles. The number of hydrogen-bond donors (Lipinski definition) is 2. The first kappa shape index (κ1) is 24.3. The second-order valence-electron chi connectivity index (χ2n) is 6.65. The molecule has 0 aliphatic heterocycles. The van der Waals surface area contributed by atoms with Crippen molar-refractivity contribution in [3.63, 3.8) is 0 Å². The molecule has 0 saturated carbocycles. The molecule has 160 valence electrons. The topological polar surface area (TPSA) is 58.5 Å². The Balaban J connectivity index is 0.00000320. The number of aryl methyl sites for hydroxylation is 1. The Hall–Kier alpha value is -1.97. The quantitative estimate of drug-likeness (QED) is 0.232. The maximum absolute atomic E-state index is 5.80. The zero-order valence-electron chi connectivity index (χ0n) is 17.4. The molecule has 0 amide bonds. The summed E-state index contributed by atoms with van der Waals surface area (Å²) in [5, 5.41) is 7.73. The van der Waals surface area contributed by atoms with Crippen molar-refractivity contribution in [1.29, 1.82) is 0 Å². The van der Waals surface area contributed by atoms with Crippen molar-refractivity contribution in [2.45, 2.75) is 39.6 Å². The van der Waals surface area contributed by atoms with Crippen LogP contribution in [0.5, 0.6) is 0 Å². The Morgan fingerprint density at radius 1 is 0.933 bits per heavy atom. The fraction of sp³-hybridized carbons (Fsp3) is 0.304. The molecule has 0 aliphatic carbocycles. The third-order valence-electron chi connectivity index (χ3n) is 4.44. The molecule has 7 heteroatoms. The van der Waals surface area contributed by atoms with Gasteiger partial charge in [0.25, 0.3) is 0 Å². The first-order valence-electron chi connectivity index (χ1n) is 9.84. The van der Waals surface area contributed by atoms with E-state index in [0.717, 1.165) is 17.4 Å². The van der Waals surface area contributed by atoms with Gasteiger partial charge >= 0.3 is 0 Å². The number of ether oxygens (including phenoxy) is 1. The Labute approximate surface area is 200 Å². The number of nitrogens with one attached hydrogen (secondary N) is 2. The number of nitrogens with zero attached hydrogens (tertiary/aromatic N) is 2. The lowest BCUT2D eigenvalue weighted by Gasteiger charge is -2.11. The Kier molecular flexibility index (Phi) is 10.8. The monoisotopic (exact) mass is 536 g/mol. The van der Waals surface area contributed by atoms with Gasteiger partial charge < -0.3 is 15.4 Å². The van der Waals surface area contributed by atoms with E-state index in [1.165, 1.54) is 21.6 Å². The third kappa shape index (κ3) is 8.04. The van der Waals surface area contributed by atoms with E-state index in [9.17, 15) is 0 Å². The molecular formula is C23H29IN4OS. The average molecular weight is 536 g/mol. The lowest BCUT2D eigenvalue weighted by molar-refractivity contribution is 0.107. The number of thiazole rings is 1. The molecule has 0 bridgehead atoms. The van der Waals surface area contributed by atoms with Gasteiger partial charge in [0.05, 0.1) is 19.8 Å². The standard InChI is InChI=1S/C23H28N4OS.HI/c1-3-21-14-25-22(29-21)15-27-23(24-2)26-13-18-9-11-20(12-10-18)17-28-16-19-7-5-4-6-8-19;/h4-12,14H,3,13,15-17H2,1-2H3,(H2,24,26,27);1H. The van der Waals surface area contributed by atoms with E-state index in [4.69, 9.17) is 4.74 Å². The summed E-state index contributed by atoms with van der Waals surface area (Å²) < 4.78 is 5.80. The van der Waals surface area contributed by atoms with Crippen LogP contribution in [0.1, 0.15) is 33.5 Å². The number of rotatable bonds is 9. The van der Waals surface area contributed by atoms with Crippen molar-refractivity contribution in [3.05, 3.63) is 87.4 Å². The number of hydrogen-bond acceptors (Lipinski definition) is 4. The number of aromatic nitrogens is 1. The molecule has 5 nitrogen and oxygen atoms in total. The van der Waals surface area contributed by atoms with E-state index in [1.54, 1.807) is 18.4 Å². The van der Waals surface area contributed by atoms with Gasteiger partial charge in [0.15, 0.2) is 5.96 Å². The minimum atomic E-state index is 0. The van der Waals surface area contributed by atoms with Gasteiger partial charge in [-0.3, -0.25) is 4.99 Å². The molecule has 0 unspecified atom stereocenters. The van der Waals surface area contributed by atoms with Crippen LogP contribution in [0.25, 0.3) is 0 Å². The van der Waals surface area contributed by atoms with Crippen LogP contribution in [-0.2, 0) is 37.5 Å². The van der Waals surface area contributed by atoms with E-state index >= 15 is 0 Å². The van der Waals surface area contributed by atoms with Crippen LogP contribution in [0.3, 0.4) is 0 Å². The average Bonchev–Trinajstić information content (AvgIpc) is 3.24. The molecule has 3 rings (SSSR count). The van der Waals surface area contributed by atoms with Gasteiger partial charge in [-0.05, 0) is 23.1 Å². The minimum Gasteiger partial charge on any atom is -0.372 e. The van der Waals surface area contributed by atoms with Crippen molar-refractivity contribution < 1.29 is 4.74 Å². The predicted molar refractivity (Wildman–Crippen MR) is 135 cm³/mol. The van der Waals surface area contributed by atoms with Gasteiger partial charge in [-0.2, -0.15) is 0 Å². The molecule has 0 saturated heterocycles. The molecule has 1 aromatic heterocycles. The summed E-state index contributed by atoms with van der Waals surface area (Å²) in [5.41, 5.74) is 3.56. The zero-order chi connectivity index (χ0) is 20.3. The van der Waals surface area contributed by atoms with E-state index in [1.807, 2.05) is 24.4 Å². The summed E-state index contributed by atoms with van der Waals surface area (Å²) in [5.74, 6) is 0.772. The van der Waals surface area contributed by atoms with Gasteiger partial charge in [0, 0.05) is 24.7 Å². The first-order chi connectivity index (χ1) is 14.3. The first-order valence-corrected chi connectivity index (χ1v) is 10.7. The fourth-order valence-corrected chi connectivity index (χ4v) is 3.58. The highest BCUT2D eigenvalue weighted by Gasteiger charge is 2.03. The molecule has 0 aliphatic rings. The van der Waals surface area contributed by atoms with Gasteiger partial charge in [0.2, 0.25) is 0 Å². The maximum atomic E-state index is 5.80. The van der Waals surface area contributed by atoms with E-state index in [0.29, 0.717) is 26.3 Å². The second-order valence-corrected chi connectivity index (χ2v) is 7.85. The third-order valence-corrected chi connectivity index (χ3v) is 5.59. The number of aliphatic imine (C=N–C) groups is 1. The maximum Gasteiger partial charge on any atom is 0.191 e. The van der Waals surface area contributed by atoms with Crippen LogP contribution in [0.15, 0.2) is 65.8 Å². The SMILES string of the molecule is CCc1cnc(CNC(=NC)NCc2ccc(COCc3ccccc3)cc2)s1.I. The molecule has 2 aromatic carbocycles. The fourth-order valence-electron chi connectivity index (χ4n) is 2.77. The molecule has 3 aromatic rings. The van der Waals surface area contributed by atoms with Crippen molar-refractivity contribution >= 4 is 41.3 Å². The lowest BCUT2D eigenvalue weighted by atomic mass is 10.1. The molecule has 2 N–H and O–H groups in total. The molecule has 30 heavy (non-hydrogen) atoms. The highest BCUT2D eigenvalue weighted by Crippen LogP contribution is 2.13. The van der Waals surface area contributed by atoms with Crippen molar-refractivity contribution in [2.75, 3.05) is 7.05 Å². The van der Waals surface area contributed by atoms with Crippen LogP contribution < -0.4 is 10.6 Å². The second kappa shape index (κ2) is 13.4. The molecule has 0 atom stereocenters. The minimum absolute atomic E-state index is 0. The van der Waals surface area contributed by atoms with Gasteiger partial charge in [-0.25, -0.2) is 4.98 Å². The molecule has 0 radical (unpaired) electrons. The number of benzene rings is 2. The summed E-state index contributed by atoms with van der Waals surface area (Å²) >= 11 is 1.74. The Morgan fingerprint density at radius 2 is 1.57 bits per heavy atom. The highest BCUT2D eigenvalue weighted by atomic mass is 127. The highest BCUT2D eigenvalue weighted by molar-refractivity contribution is 14.0.